The smallest absolute Gasteiger partial charge is 0.0812 e. The third-order valence-corrected chi connectivity index (χ3v) is 3.99. The van der Waals surface area contributed by atoms with Crippen LogP contribution in [0.3, 0.4) is 0 Å². The van der Waals surface area contributed by atoms with Gasteiger partial charge in [0.05, 0.1) is 12.3 Å². The maximum absolute atomic E-state index is 10.3. The molecule has 2 unspecified atom stereocenters. The number of benzene rings is 1. The largest absolute Gasteiger partial charge is 0.388 e. The van der Waals surface area contributed by atoms with E-state index in [9.17, 15) is 5.11 Å². The molecule has 1 aliphatic carbocycles. The summed E-state index contributed by atoms with van der Waals surface area (Å²) in [6, 6.07) is 10.5. The first kappa shape index (κ1) is 12.3. The molecule has 2 aromatic rings. The van der Waals surface area contributed by atoms with E-state index < -0.39 is 6.10 Å². The summed E-state index contributed by atoms with van der Waals surface area (Å²) in [4.78, 5) is 0. The molecule has 0 fully saturated rings. The van der Waals surface area contributed by atoms with Crippen molar-refractivity contribution in [3.63, 3.8) is 0 Å². The highest BCUT2D eigenvalue weighted by atomic mass is 16.3. The Bertz CT molecular complexity index is 541. The predicted molar refractivity (Wildman–Crippen MR) is 73.7 cm³/mol. The van der Waals surface area contributed by atoms with Gasteiger partial charge < -0.3 is 5.11 Å². The molecule has 0 radical (unpaired) electrons. The monoisotopic (exact) mass is 254 g/mol. The molecule has 0 saturated carbocycles. The van der Waals surface area contributed by atoms with E-state index in [0.717, 1.165) is 18.4 Å². The van der Waals surface area contributed by atoms with E-state index in [-0.39, 0.29) is 0 Å². The Morgan fingerprint density at radius 3 is 2.95 bits per heavy atom. The van der Waals surface area contributed by atoms with Gasteiger partial charge in [-0.3, -0.25) is 0 Å². The van der Waals surface area contributed by atoms with Crippen LogP contribution >= 0.6 is 0 Å². The Balaban J connectivity index is 1.78. The third-order valence-electron chi connectivity index (χ3n) is 3.99. The van der Waals surface area contributed by atoms with Crippen molar-refractivity contribution >= 4 is 0 Å². The van der Waals surface area contributed by atoms with Crippen LogP contribution in [-0.2, 0) is 6.42 Å². The van der Waals surface area contributed by atoms with Crippen molar-refractivity contribution in [3.8, 4) is 0 Å². The average Bonchev–Trinajstić information content (AvgIpc) is 2.48. The number of rotatable bonds is 3. The van der Waals surface area contributed by atoms with E-state index in [1.54, 1.807) is 12.4 Å². The van der Waals surface area contributed by atoms with Gasteiger partial charge in [0.15, 0.2) is 0 Å². The summed E-state index contributed by atoms with van der Waals surface area (Å²) in [6.07, 6.45) is 7.14. The second-order valence-electron chi connectivity index (χ2n) is 5.22. The van der Waals surface area contributed by atoms with Crippen molar-refractivity contribution in [1.82, 2.24) is 10.2 Å². The van der Waals surface area contributed by atoms with Crippen LogP contribution in [0.15, 0.2) is 42.7 Å². The first-order valence-electron chi connectivity index (χ1n) is 6.87. The summed E-state index contributed by atoms with van der Waals surface area (Å²) in [6.45, 7) is 0. The van der Waals surface area contributed by atoms with Crippen LogP contribution in [0.2, 0.25) is 0 Å². The van der Waals surface area contributed by atoms with Gasteiger partial charge in [0.1, 0.15) is 0 Å². The zero-order valence-electron chi connectivity index (χ0n) is 10.9. The summed E-state index contributed by atoms with van der Waals surface area (Å²) in [5.41, 5.74) is 3.71. The molecule has 0 saturated heterocycles. The SMILES string of the molecule is OC(CC1CCCc2ccccc21)c1ccnnc1. The molecule has 0 aliphatic heterocycles. The number of aromatic nitrogens is 2. The van der Waals surface area contributed by atoms with Gasteiger partial charge in [0.25, 0.3) is 0 Å². The molecule has 1 aromatic carbocycles. The molecule has 3 heteroatoms. The van der Waals surface area contributed by atoms with Gasteiger partial charge in [-0.25, -0.2) is 0 Å². The number of hydrogen-bond donors (Lipinski definition) is 1. The summed E-state index contributed by atoms with van der Waals surface area (Å²) in [5, 5.41) is 17.9. The van der Waals surface area contributed by atoms with Crippen LogP contribution in [-0.4, -0.2) is 15.3 Å². The Hall–Kier alpha value is -1.74. The predicted octanol–water partition coefficient (Wildman–Crippen LogP) is 3.02. The van der Waals surface area contributed by atoms with Gasteiger partial charge in [0, 0.05) is 11.8 Å². The minimum atomic E-state index is -0.452. The lowest BCUT2D eigenvalue weighted by atomic mass is 9.79. The van der Waals surface area contributed by atoms with Gasteiger partial charge in [-0.15, -0.1) is 0 Å². The van der Waals surface area contributed by atoms with Gasteiger partial charge >= 0.3 is 0 Å². The van der Waals surface area contributed by atoms with E-state index in [1.165, 1.54) is 24.0 Å². The van der Waals surface area contributed by atoms with Crippen LogP contribution in [0.5, 0.6) is 0 Å². The normalized spacial score (nSPS) is 19.7. The van der Waals surface area contributed by atoms with Gasteiger partial charge in [-0.1, -0.05) is 24.3 Å². The quantitative estimate of drug-likeness (QED) is 0.915. The van der Waals surface area contributed by atoms with Crippen LogP contribution in [0.4, 0.5) is 0 Å². The lowest BCUT2D eigenvalue weighted by Gasteiger charge is -2.27. The first-order valence-corrected chi connectivity index (χ1v) is 6.87. The molecule has 0 amide bonds. The molecule has 19 heavy (non-hydrogen) atoms. The number of hydrogen-bond acceptors (Lipinski definition) is 3. The number of nitrogens with zero attached hydrogens (tertiary/aromatic N) is 2. The number of fused-ring (bicyclic) bond motifs is 1. The molecule has 1 aromatic heterocycles. The lowest BCUT2D eigenvalue weighted by Crippen LogP contribution is -2.13. The maximum atomic E-state index is 10.3. The molecule has 98 valence electrons. The number of aliphatic hydroxyl groups excluding tert-OH is 1. The van der Waals surface area contributed by atoms with Crippen molar-refractivity contribution in [2.24, 2.45) is 0 Å². The molecule has 1 heterocycles. The van der Waals surface area contributed by atoms with Crippen LogP contribution < -0.4 is 0 Å². The molecule has 3 nitrogen and oxygen atoms in total. The fourth-order valence-corrected chi connectivity index (χ4v) is 3.00. The third kappa shape index (κ3) is 2.66. The van der Waals surface area contributed by atoms with Crippen molar-refractivity contribution in [2.45, 2.75) is 37.7 Å². The molecule has 2 atom stereocenters. The maximum Gasteiger partial charge on any atom is 0.0812 e. The minimum Gasteiger partial charge on any atom is -0.388 e. The summed E-state index contributed by atoms with van der Waals surface area (Å²) >= 11 is 0. The Labute approximate surface area is 113 Å². The van der Waals surface area contributed by atoms with Crippen LogP contribution in [0.1, 0.15) is 48.0 Å². The Kier molecular flexibility index (Phi) is 3.56. The lowest BCUT2D eigenvalue weighted by molar-refractivity contribution is 0.153. The first-order chi connectivity index (χ1) is 9.34. The van der Waals surface area contributed by atoms with Crippen molar-refractivity contribution in [1.29, 1.82) is 0 Å². The molecule has 0 spiro atoms. The fraction of sp³-hybridized carbons (Fsp3) is 0.375. The van der Waals surface area contributed by atoms with Crippen LogP contribution in [0.25, 0.3) is 0 Å². The van der Waals surface area contributed by atoms with Crippen molar-refractivity contribution < 1.29 is 5.11 Å². The molecule has 1 N–H and O–H groups in total. The highest BCUT2D eigenvalue weighted by molar-refractivity contribution is 5.33. The number of aryl methyl sites for hydroxylation is 1. The molecular formula is C16H18N2O. The standard InChI is InChI=1S/C16H18N2O/c19-16(14-8-9-17-18-11-14)10-13-6-3-5-12-4-1-2-7-15(12)13/h1-2,4,7-9,11,13,16,19H,3,5-6,10H2. The molecule has 3 rings (SSSR count). The summed E-state index contributed by atoms with van der Waals surface area (Å²) in [5.74, 6) is 0.452. The topological polar surface area (TPSA) is 46.0 Å². The van der Waals surface area contributed by atoms with Gasteiger partial charge in [0.2, 0.25) is 0 Å². The fourth-order valence-electron chi connectivity index (χ4n) is 3.00. The van der Waals surface area contributed by atoms with E-state index in [0.29, 0.717) is 5.92 Å². The van der Waals surface area contributed by atoms with E-state index in [2.05, 4.69) is 34.5 Å². The van der Waals surface area contributed by atoms with Crippen LogP contribution in [0, 0.1) is 0 Å². The van der Waals surface area contributed by atoms with E-state index in [4.69, 9.17) is 0 Å². The van der Waals surface area contributed by atoms with E-state index >= 15 is 0 Å². The molecule has 0 bridgehead atoms. The second-order valence-corrected chi connectivity index (χ2v) is 5.22. The minimum absolute atomic E-state index is 0.452. The Morgan fingerprint density at radius 2 is 2.11 bits per heavy atom. The second kappa shape index (κ2) is 5.49. The Morgan fingerprint density at radius 1 is 1.21 bits per heavy atom. The van der Waals surface area contributed by atoms with Crippen molar-refractivity contribution in [3.05, 3.63) is 59.4 Å². The number of aliphatic hydroxyl groups is 1. The van der Waals surface area contributed by atoms with Gasteiger partial charge in [-0.05, 0) is 48.8 Å². The summed E-state index contributed by atoms with van der Waals surface area (Å²) < 4.78 is 0. The van der Waals surface area contributed by atoms with Gasteiger partial charge in [-0.2, -0.15) is 10.2 Å². The van der Waals surface area contributed by atoms with Crippen molar-refractivity contribution in [2.75, 3.05) is 0 Å². The average molecular weight is 254 g/mol. The van der Waals surface area contributed by atoms with E-state index in [1.807, 2.05) is 6.07 Å². The zero-order valence-corrected chi connectivity index (χ0v) is 10.9. The zero-order chi connectivity index (χ0) is 13.1. The highest BCUT2D eigenvalue weighted by Gasteiger charge is 2.23. The summed E-state index contributed by atoms with van der Waals surface area (Å²) in [7, 11) is 0. The highest BCUT2D eigenvalue weighted by Crippen LogP contribution is 2.37. The molecular weight excluding hydrogens is 236 g/mol. The molecule has 1 aliphatic rings.